The number of rotatable bonds is 4. The van der Waals surface area contributed by atoms with Gasteiger partial charge < -0.3 is 5.32 Å². The van der Waals surface area contributed by atoms with E-state index >= 15 is 0 Å². The summed E-state index contributed by atoms with van der Waals surface area (Å²) in [5.74, 6) is 0.332. The average Bonchev–Trinajstić information content (AvgIpc) is 2.39. The molecule has 2 aromatic carbocycles. The second kappa shape index (κ2) is 5.32. The molecule has 0 aromatic heterocycles. The Morgan fingerprint density at radius 2 is 2.05 bits per heavy atom. The van der Waals surface area contributed by atoms with Crippen LogP contribution in [0.15, 0.2) is 42.5 Å². The van der Waals surface area contributed by atoms with Crippen molar-refractivity contribution in [2.45, 2.75) is 18.9 Å². The highest BCUT2D eigenvalue weighted by Gasteiger charge is 2.24. The Morgan fingerprint density at radius 1 is 1.21 bits per heavy atom. The Labute approximate surface area is 117 Å². The van der Waals surface area contributed by atoms with E-state index in [1.54, 1.807) is 6.07 Å². The van der Waals surface area contributed by atoms with Crippen LogP contribution in [-0.4, -0.2) is 6.54 Å². The number of fused-ring (bicyclic) bond motifs is 1. The zero-order valence-corrected chi connectivity index (χ0v) is 11.3. The van der Waals surface area contributed by atoms with Gasteiger partial charge >= 0.3 is 0 Å². The van der Waals surface area contributed by atoms with Gasteiger partial charge in [0.25, 0.3) is 0 Å². The second-order valence-electron chi connectivity index (χ2n) is 4.97. The molecule has 0 amide bonds. The summed E-state index contributed by atoms with van der Waals surface area (Å²) < 4.78 is 13.1. The normalized spacial score (nSPS) is 16.8. The van der Waals surface area contributed by atoms with Crippen molar-refractivity contribution < 1.29 is 4.39 Å². The molecule has 1 aliphatic rings. The van der Waals surface area contributed by atoms with Crippen LogP contribution in [-0.2, 0) is 13.0 Å². The Hall–Kier alpha value is -1.38. The fourth-order valence-electron chi connectivity index (χ4n) is 2.60. The SMILES string of the molecule is Fc1ccc(Cl)c(CNCC2Cc3ccccc32)c1. The molecule has 0 radical (unpaired) electrons. The lowest BCUT2D eigenvalue weighted by atomic mass is 9.77. The molecule has 0 saturated carbocycles. The summed E-state index contributed by atoms with van der Waals surface area (Å²) in [6.45, 7) is 1.51. The predicted molar refractivity (Wildman–Crippen MR) is 76.0 cm³/mol. The van der Waals surface area contributed by atoms with Crippen LogP contribution in [0.4, 0.5) is 4.39 Å². The lowest BCUT2D eigenvalue weighted by Crippen LogP contribution is -2.28. The van der Waals surface area contributed by atoms with Crippen LogP contribution in [0.25, 0.3) is 0 Å². The summed E-state index contributed by atoms with van der Waals surface area (Å²) in [5.41, 5.74) is 3.69. The quantitative estimate of drug-likeness (QED) is 0.892. The highest BCUT2D eigenvalue weighted by Crippen LogP contribution is 2.34. The standard InChI is InChI=1S/C16H15ClFN/c17-16-6-5-14(18)8-13(16)10-19-9-12-7-11-3-1-2-4-15(11)12/h1-6,8,12,19H,7,9-10H2. The maximum atomic E-state index is 13.1. The molecule has 0 bridgehead atoms. The maximum Gasteiger partial charge on any atom is 0.123 e. The fraction of sp³-hybridized carbons (Fsp3) is 0.250. The predicted octanol–water partition coefficient (Wildman–Crippen LogP) is 3.91. The molecule has 19 heavy (non-hydrogen) atoms. The minimum atomic E-state index is -0.241. The van der Waals surface area contributed by atoms with Gasteiger partial charge in [-0.1, -0.05) is 35.9 Å². The van der Waals surface area contributed by atoms with Crippen molar-refractivity contribution in [2.75, 3.05) is 6.54 Å². The number of benzene rings is 2. The van der Waals surface area contributed by atoms with E-state index in [2.05, 4.69) is 29.6 Å². The van der Waals surface area contributed by atoms with Crippen molar-refractivity contribution in [1.29, 1.82) is 0 Å². The van der Waals surface area contributed by atoms with Crippen molar-refractivity contribution in [3.05, 3.63) is 70.0 Å². The van der Waals surface area contributed by atoms with E-state index < -0.39 is 0 Å². The van der Waals surface area contributed by atoms with Gasteiger partial charge in [-0.25, -0.2) is 4.39 Å². The van der Waals surface area contributed by atoms with Crippen molar-refractivity contribution in [2.24, 2.45) is 0 Å². The Kier molecular flexibility index (Phi) is 3.54. The molecule has 98 valence electrons. The third-order valence-electron chi connectivity index (χ3n) is 3.68. The molecule has 3 heteroatoms. The molecular formula is C16H15ClFN. The summed E-state index contributed by atoms with van der Waals surface area (Å²) in [4.78, 5) is 0. The summed E-state index contributed by atoms with van der Waals surface area (Å²) >= 11 is 6.03. The summed E-state index contributed by atoms with van der Waals surface area (Å²) in [6.07, 6.45) is 1.13. The molecule has 0 heterocycles. The zero-order valence-electron chi connectivity index (χ0n) is 10.5. The monoisotopic (exact) mass is 275 g/mol. The molecule has 2 aromatic rings. The van der Waals surface area contributed by atoms with E-state index in [0.717, 1.165) is 18.5 Å². The van der Waals surface area contributed by atoms with E-state index in [-0.39, 0.29) is 5.82 Å². The first-order chi connectivity index (χ1) is 9.24. The third kappa shape index (κ3) is 2.65. The molecule has 1 nitrogen and oxygen atoms in total. The van der Waals surface area contributed by atoms with Gasteiger partial charge in [0.05, 0.1) is 0 Å². The minimum Gasteiger partial charge on any atom is -0.312 e. The Morgan fingerprint density at radius 3 is 2.89 bits per heavy atom. The molecule has 0 saturated heterocycles. The van der Waals surface area contributed by atoms with Gasteiger partial charge in [-0.2, -0.15) is 0 Å². The molecule has 1 atom stereocenters. The third-order valence-corrected chi connectivity index (χ3v) is 4.04. The minimum absolute atomic E-state index is 0.241. The van der Waals surface area contributed by atoms with Gasteiger partial charge in [0.2, 0.25) is 0 Å². The summed E-state index contributed by atoms with van der Waals surface area (Å²) in [7, 11) is 0. The molecule has 1 unspecified atom stereocenters. The largest absolute Gasteiger partial charge is 0.312 e. The van der Waals surface area contributed by atoms with Crippen molar-refractivity contribution in [1.82, 2.24) is 5.32 Å². The van der Waals surface area contributed by atoms with Crippen molar-refractivity contribution in [3.63, 3.8) is 0 Å². The van der Waals surface area contributed by atoms with Gasteiger partial charge in [0, 0.05) is 24.0 Å². The number of nitrogens with one attached hydrogen (secondary N) is 1. The van der Waals surface area contributed by atoms with E-state index in [4.69, 9.17) is 11.6 Å². The molecular weight excluding hydrogens is 261 g/mol. The van der Waals surface area contributed by atoms with Crippen molar-refractivity contribution >= 4 is 11.6 Å². The van der Waals surface area contributed by atoms with Crippen LogP contribution >= 0.6 is 11.6 Å². The van der Waals surface area contributed by atoms with Crippen LogP contribution in [0.5, 0.6) is 0 Å². The van der Waals surface area contributed by atoms with E-state index in [9.17, 15) is 4.39 Å². The summed E-state index contributed by atoms with van der Waals surface area (Å²) in [6, 6.07) is 13.0. The average molecular weight is 276 g/mol. The number of hydrogen-bond donors (Lipinski definition) is 1. The molecule has 0 fully saturated rings. The highest BCUT2D eigenvalue weighted by atomic mass is 35.5. The van der Waals surface area contributed by atoms with Crippen LogP contribution in [0.2, 0.25) is 5.02 Å². The topological polar surface area (TPSA) is 12.0 Å². The van der Waals surface area contributed by atoms with E-state index in [1.807, 2.05) is 0 Å². The van der Waals surface area contributed by atoms with Gasteiger partial charge in [0.1, 0.15) is 5.82 Å². The van der Waals surface area contributed by atoms with Crippen LogP contribution < -0.4 is 5.32 Å². The smallest absolute Gasteiger partial charge is 0.123 e. The molecule has 0 aliphatic heterocycles. The lowest BCUT2D eigenvalue weighted by molar-refractivity contribution is 0.534. The number of halogens is 2. The van der Waals surface area contributed by atoms with E-state index in [1.165, 1.54) is 23.3 Å². The first-order valence-corrected chi connectivity index (χ1v) is 6.84. The van der Waals surface area contributed by atoms with Crippen LogP contribution in [0, 0.1) is 5.82 Å². The number of hydrogen-bond acceptors (Lipinski definition) is 1. The molecule has 0 spiro atoms. The van der Waals surface area contributed by atoms with Gasteiger partial charge in [-0.15, -0.1) is 0 Å². The van der Waals surface area contributed by atoms with Gasteiger partial charge in [-0.05, 0) is 41.3 Å². The van der Waals surface area contributed by atoms with Crippen LogP contribution in [0.1, 0.15) is 22.6 Å². The lowest BCUT2D eigenvalue weighted by Gasteiger charge is -2.30. The highest BCUT2D eigenvalue weighted by molar-refractivity contribution is 6.31. The maximum absolute atomic E-state index is 13.1. The van der Waals surface area contributed by atoms with Gasteiger partial charge in [0.15, 0.2) is 0 Å². The molecule has 3 rings (SSSR count). The molecule has 1 N–H and O–H groups in total. The van der Waals surface area contributed by atoms with Crippen LogP contribution in [0.3, 0.4) is 0 Å². The second-order valence-corrected chi connectivity index (χ2v) is 5.37. The zero-order chi connectivity index (χ0) is 13.2. The summed E-state index contributed by atoms with van der Waals surface area (Å²) in [5, 5.41) is 3.98. The first kappa shape index (κ1) is 12.6. The first-order valence-electron chi connectivity index (χ1n) is 6.46. The fourth-order valence-corrected chi connectivity index (χ4v) is 2.79. The molecule has 1 aliphatic carbocycles. The van der Waals surface area contributed by atoms with Gasteiger partial charge in [-0.3, -0.25) is 0 Å². The van der Waals surface area contributed by atoms with E-state index in [0.29, 0.717) is 17.5 Å². The Bertz CT molecular complexity index is 597. The Balaban J connectivity index is 1.56. The van der Waals surface area contributed by atoms with Crippen molar-refractivity contribution in [3.8, 4) is 0 Å².